The lowest BCUT2D eigenvalue weighted by Gasteiger charge is -2.45. The summed E-state index contributed by atoms with van der Waals surface area (Å²) >= 11 is 0. The molecule has 0 spiro atoms. The normalized spacial score (nSPS) is 30.1. The van der Waals surface area contributed by atoms with Crippen molar-refractivity contribution < 1.29 is 19.1 Å². The number of hydrogen-bond donors (Lipinski definition) is 0. The zero-order valence-electron chi connectivity index (χ0n) is 12.2. The van der Waals surface area contributed by atoms with Gasteiger partial charge in [0.1, 0.15) is 6.61 Å². The maximum Gasteiger partial charge on any atom is 0.310 e. The lowest BCUT2D eigenvalue weighted by Crippen LogP contribution is -2.52. The highest BCUT2D eigenvalue weighted by molar-refractivity contribution is 5.85. The summed E-state index contributed by atoms with van der Waals surface area (Å²) < 4.78 is 10.3. The van der Waals surface area contributed by atoms with E-state index >= 15 is 0 Å². The highest BCUT2D eigenvalue weighted by Gasteiger charge is 2.59. The molecule has 112 valence electrons. The van der Waals surface area contributed by atoms with Gasteiger partial charge in [-0.05, 0) is 30.2 Å². The van der Waals surface area contributed by atoms with Gasteiger partial charge >= 0.3 is 11.9 Å². The van der Waals surface area contributed by atoms with Gasteiger partial charge in [0.15, 0.2) is 0 Å². The first-order valence-electron chi connectivity index (χ1n) is 7.50. The van der Waals surface area contributed by atoms with E-state index in [1.165, 1.54) is 7.11 Å². The second kappa shape index (κ2) is 5.88. The number of fused-ring (bicyclic) bond motifs is 1. The van der Waals surface area contributed by atoms with E-state index in [9.17, 15) is 9.59 Å². The second-order valence-electron chi connectivity index (χ2n) is 5.93. The topological polar surface area (TPSA) is 52.6 Å². The third kappa shape index (κ3) is 2.55. The van der Waals surface area contributed by atoms with E-state index in [-0.39, 0.29) is 30.4 Å². The number of benzene rings is 1. The quantitative estimate of drug-likeness (QED) is 0.799. The molecular formula is C17H20O4. The molecule has 0 amide bonds. The summed E-state index contributed by atoms with van der Waals surface area (Å²) in [6.45, 7) is 0.265. The van der Waals surface area contributed by atoms with Crippen LogP contribution in [0.1, 0.15) is 24.8 Å². The SMILES string of the molecule is COC(=O)[C@@H]1[C@H]2CCC[C@H]2[C@@H]1C(=O)OCc1ccccc1. The second-order valence-corrected chi connectivity index (χ2v) is 5.93. The van der Waals surface area contributed by atoms with E-state index in [1.54, 1.807) is 0 Å². The van der Waals surface area contributed by atoms with Crippen molar-refractivity contribution in [3.05, 3.63) is 35.9 Å². The van der Waals surface area contributed by atoms with Gasteiger partial charge in [0.05, 0.1) is 18.9 Å². The Hall–Kier alpha value is -1.84. The van der Waals surface area contributed by atoms with E-state index in [0.29, 0.717) is 11.8 Å². The standard InChI is InChI=1S/C17H20O4/c1-20-16(18)14-12-8-5-9-13(12)15(14)17(19)21-10-11-6-3-2-4-7-11/h2-4,6-7,12-15H,5,8-10H2,1H3/t12-,13+,14+,15-/m0/s1. The Morgan fingerprint density at radius 2 is 1.67 bits per heavy atom. The van der Waals surface area contributed by atoms with Gasteiger partial charge in [0.2, 0.25) is 0 Å². The molecular weight excluding hydrogens is 268 g/mol. The molecule has 4 atom stereocenters. The molecule has 0 bridgehead atoms. The zero-order chi connectivity index (χ0) is 14.8. The Balaban J connectivity index is 1.64. The van der Waals surface area contributed by atoms with Gasteiger partial charge in [-0.3, -0.25) is 9.59 Å². The molecule has 0 aliphatic heterocycles. The Morgan fingerprint density at radius 3 is 2.29 bits per heavy atom. The van der Waals surface area contributed by atoms with Crippen molar-refractivity contribution in [1.82, 2.24) is 0 Å². The fourth-order valence-electron chi connectivity index (χ4n) is 3.90. The minimum absolute atomic E-state index is 0.252. The van der Waals surface area contributed by atoms with E-state index < -0.39 is 0 Å². The largest absolute Gasteiger partial charge is 0.469 e. The van der Waals surface area contributed by atoms with Gasteiger partial charge in [-0.25, -0.2) is 0 Å². The maximum atomic E-state index is 12.3. The number of hydrogen-bond acceptors (Lipinski definition) is 4. The van der Waals surface area contributed by atoms with Gasteiger partial charge in [-0.15, -0.1) is 0 Å². The molecule has 1 aromatic rings. The number of carbonyl (C=O) groups excluding carboxylic acids is 2. The molecule has 21 heavy (non-hydrogen) atoms. The predicted octanol–water partition coefficient (Wildman–Crippen LogP) is 2.57. The molecule has 2 aliphatic carbocycles. The summed E-state index contributed by atoms with van der Waals surface area (Å²) in [5.74, 6) is -0.513. The van der Waals surface area contributed by atoms with Crippen LogP contribution in [-0.2, 0) is 25.7 Å². The highest BCUT2D eigenvalue weighted by Crippen LogP contribution is 2.56. The molecule has 0 unspecified atom stereocenters. The molecule has 2 saturated carbocycles. The molecule has 3 rings (SSSR count). The molecule has 0 aromatic heterocycles. The minimum Gasteiger partial charge on any atom is -0.469 e. The van der Waals surface area contributed by atoms with Crippen LogP contribution in [0.15, 0.2) is 30.3 Å². The summed E-state index contributed by atoms with van der Waals surface area (Å²) in [6, 6.07) is 9.59. The number of rotatable bonds is 4. The van der Waals surface area contributed by atoms with Crippen LogP contribution in [0.25, 0.3) is 0 Å². The number of ether oxygens (including phenoxy) is 2. The Labute approximate surface area is 124 Å². The van der Waals surface area contributed by atoms with Crippen LogP contribution in [0.4, 0.5) is 0 Å². The van der Waals surface area contributed by atoms with Gasteiger partial charge in [0.25, 0.3) is 0 Å². The third-order valence-corrected chi connectivity index (χ3v) is 4.90. The van der Waals surface area contributed by atoms with Crippen molar-refractivity contribution in [2.45, 2.75) is 25.9 Å². The van der Waals surface area contributed by atoms with E-state index in [2.05, 4.69) is 0 Å². The first-order chi connectivity index (χ1) is 10.2. The van der Waals surface area contributed by atoms with E-state index in [0.717, 1.165) is 24.8 Å². The van der Waals surface area contributed by atoms with Crippen molar-refractivity contribution in [2.75, 3.05) is 7.11 Å². The van der Waals surface area contributed by atoms with Crippen molar-refractivity contribution >= 4 is 11.9 Å². The Kier molecular flexibility index (Phi) is 3.95. The molecule has 0 saturated heterocycles. The van der Waals surface area contributed by atoms with Crippen molar-refractivity contribution in [1.29, 1.82) is 0 Å². The summed E-state index contributed by atoms with van der Waals surface area (Å²) in [6.07, 6.45) is 3.13. The third-order valence-electron chi connectivity index (χ3n) is 4.90. The highest BCUT2D eigenvalue weighted by atomic mass is 16.5. The Bertz CT molecular complexity index is 525. The lowest BCUT2D eigenvalue weighted by molar-refractivity contribution is -0.179. The van der Waals surface area contributed by atoms with Crippen LogP contribution in [-0.4, -0.2) is 19.0 Å². The van der Waals surface area contributed by atoms with Crippen LogP contribution in [0.3, 0.4) is 0 Å². The monoisotopic (exact) mass is 288 g/mol. The maximum absolute atomic E-state index is 12.3. The smallest absolute Gasteiger partial charge is 0.310 e. The van der Waals surface area contributed by atoms with Crippen molar-refractivity contribution in [3.63, 3.8) is 0 Å². The Morgan fingerprint density at radius 1 is 1.05 bits per heavy atom. The fourth-order valence-corrected chi connectivity index (χ4v) is 3.90. The van der Waals surface area contributed by atoms with Crippen molar-refractivity contribution in [3.8, 4) is 0 Å². The molecule has 0 heterocycles. The van der Waals surface area contributed by atoms with Crippen LogP contribution >= 0.6 is 0 Å². The summed E-state index contributed by atoms with van der Waals surface area (Å²) in [7, 11) is 1.39. The van der Waals surface area contributed by atoms with Gasteiger partial charge < -0.3 is 9.47 Å². The molecule has 2 fully saturated rings. The summed E-state index contributed by atoms with van der Waals surface area (Å²) in [5, 5.41) is 0. The van der Waals surface area contributed by atoms with Crippen LogP contribution < -0.4 is 0 Å². The average molecular weight is 288 g/mol. The molecule has 4 nitrogen and oxygen atoms in total. The van der Waals surface area contributed by atoms with Crippen LogP contribution in [0, 0.1) is 23.7 Å². The lowest BCUT2D eigenvalue weighted by atomic mass is 9.58. The van der Waals surface area contributed by atoms with Gasteiger partial charge in [0, 0.05) is 0 Å². The summed E-state index contributed by atoms with van der Waals surface area (Å²) in [5.41, 5.74) is 0.961. The van der Waals surface area contributed by atoms with E-state index in [4.69, 9.17) is 9.47 Å². The molecule has 4 heteroatoms. The number of methoxy groups -OCH3 is 1. The van der Waals surface area contributed by atoms with Gasteiger partial charge in [-0.2, -0.15) is 0 Å². The van der Waals surface area contributed by atoms with Crippen molar-refractivity contribution in [2.24, 2.45) is 23.7 Å². The summed E-state index contributed by atoms with van der Waals surface area (Å²) in [4.78, 5) is 24.2. The van der Waals surface area contributed by atoms with Crippen LogP contribution in [0.2, 0.25) is 0 Å². The molecule has 0 N–H and O–H groups in total. The number of esters is 2. The molecule has 1 aromatic carbocycles. The number of carbonyl (C=O) groups is 2. The molecule has 2 aliphatic rings. The fraction of sp³-hybridized carbons (Fsp3) is 0.529. The minimum atomic E-state index is -0.311. The predicted molar refractivity (Wildman–Crippen MR) is 76.1 cm³/mol. The first kappa shape index (κ1) is 14.1. The first-order valence-corrected chi connectivity index (χ1v) is 7.50. The average Bonchev–Trinajstić information content (AvgIpc) is 2.89. The van der Waals surface area contributed by atoms with E-state index in [1.807, 2.05) is 30.3 Å². The van der Waals surface area contributed by atoms with Gasteiger partial charge in [-0.1, -0.05) is 36.8 Å². The molecule has 0 radical (unpaired) electrons. The van der Waals surface area contributed by atoms with Crippen LogP contribution in [0.5, 0.6) is 0 Å². The zero-order valence-corrected chi connectivity index (χ0v) is 12.2.